The summed E-state index contributed by atoms with van der Waals surface area (Å²) in [6.07, 6.45) is 0. The molecule has 128 valence electrons. The zero-order valence-corrected chi connectivity index (χ0v) is 14.3. The minimum atomic E-state index is -0.388. The summed E-state index contributed by atoms with van der Waals surface area (Å²) in [5.41, 5.74) is 2.43. The number of urea groups is 1. The lowest BCUT2D eigenvalue weighted by atomic mass is 10.3. The summed E-state index contributed by atoms with van der Waals surface area (Å²) in [4.78, 5) is 20.7. The first-order valence-corrected chi connectivity index (χ1v) is 7.83. The van der Waals surface area contributed by atoms with Crippen molar-refractivity contribution in [3.63, 3.8) is 0 Å². The second-order valence-corrected chi connectivity index (χ2v) is 4.99. The fourth-order valence-electron chi connectivity index (χ4n) is 2.18. The molecule has 0 aliphatic carbocycles. The first-order chi connectivity index (χ1) is 11.5. The maximum absolute atomic E-state index is 12.3. The molecular formula is C17H22N4O3. The summed E-state index contributed by atoms with van der Waals surface area (Å²) in [7, 11) is 0. The molecule has 2 amide bonds. The molecular weight excluding hydrogens is 308 g/mol. The predicted octanol–water partition coefficient (Wildman–Crippen LogP) is 3.53. The summed E-state index contributed by atoms with van der Waals surface area (Å²) in [5.74, 6) is 0.617. The molecule has 0 fully saturated rings. The van der Waals surface area contributed by atoms with Crippen molar-refractivity contribution >= 4 is 17.4 Å². The van der Waals surface area contributed by atoms with Crippen LogP contribution in [-0.4, -0.2) is 29.2 Å². The summed E-state index contributed by atoms with van der Waals surface area (Å²) in [5, 5.41) is 5.56. The van der Waals surface area contributed by atoms with E-state index in [0.29, 0.717) is 47.7 Å². The molecule has 0 bridgehead atoms. The standard InChI is InChI=1S/C17H22N4O3/c1-5-23-14-10-8-7-9-13(14)20-16(22)21-15-11(3)18-17(24-6-2)19-12(15)4/h7-10H,5-6H2,1-4H3,(H2,20,21,22). The van der Waals surface area contributed by atoms with Crippen molar-refractivity contribution in [1.82, 2.24) is 9.97 Å². The van der Waals surface area contributed by atoms with Gasteiger partial charge in [0.15, 0.2) is 0 Å². The molecule has 0 radical (unpaired) electrons. The van der Waals surface area contributed by atoms with Crippen LogP contribution in [0.5, 0.6) is 11.8 Å². The SMILES string of the molecule is CCOc1nc(C)c(NC(=O)Nc2ccccc2OCC)c(C)n1. The third-order valence-electron chi connectivity index (χ3n) is 3.20. The molecule has 2 aromatic rings. The summed E-state index contributed by atoms with van der Waals surface area (Å²) < 4.78 is 10.8. The third kappa shape index (κ3) is 4.34. The average Bonchev–Trinajstić information content (AvgIpc) is 2.53. The van der Waals surface area contributed by atoms with Gasteiger partial charge in [-0.15, -0.1) is 0 Å². The van der Waals surface area contributed by atoms with E-state index in [1.165, 1.54) is 0 Å². The Morgan fingerprint density at radius 3 is 2.25 bits per heavy atom. The van der Waals surface area contributed by atoms with Crippen molar-refractivity contribution in [2.24, 2.45) is 0 Å². The van der Waals surface area contributed by atoms with Gasteiger partial charge < -0.3 is 20.1 Å². The Kier molecular flexibility index (Phi) is 5.95. The van der Waals surface area contributed by atoms with Gasteiger partial charge in [-0.3, -0.25) is 0 Å². The molecule has 0 unspecified atom stereocenters. The highest BCUT2D eigenvalue weighted by Gasteiger charge is 2.13. The number of anilines is 2. The molecule has 0 atom stereocenters. The third-order valence-corrected chi connectivity index (χ3v) is 3.20. The molecule has 0 saturated heterocycles. The van der Waals surface area contributed by atoms with Crippen LogP contribution in [0.25, 0.3) is 0 Å². The normalized spacial score (nSPS) is 10.2. The van der Waals surface area contributed by atoms with E-state index in [1.807, 2.05) is 26.0 Å². The molecule has 7 heteroatoms. The molecule has 1 aromatic heterocycles. The van der Waals surface area contributed by atoms with E-state index in [4.69, 9.17) is 9.47 Å². The van der Waals surface area contributed by atoms with Crippen LogP contribution in [0.1, 0.15) is 25.2 Å². The molecule has 0 spiro atoms. The lowest BCUT2D eigenvalue weighted by molar-refractivity contribution is 0.261. The van der Waals surface area contributed by atoms with Gasteiger partial charge in [0, 0.05) is 0 Å². The number of aromatic nitrogens is 2. The molecule has 2 rings (SSSR count). The van der Waals surface area contributed by atoms with Gasteiger partial charge in [-0.2, -0.15) is 9.97 Å². The molecule has 1 aromatic carbocycles. The molecule has 7 nitrogen and oxygen atoms in total. The van der Waals surface area contributed by atoms with Crippen molar-refractivity contribution in [1.29, 1.82) is 0 Å². The van der Waals surface area contributed by atoms with Gasteiger partial charge in [-0.05, 0) is 39.8 Å². The summed E-state index contributed by atoms with van der Waals surface area (Å²) in [6.45, 7) is 8.35. The number of nitrogens with one attached hydrogen (secondary N) is 2. The number of benzene rings is 1. The topological polar surface area (TPSA) is 85.4 Å². The van der Waals surface area contributed by atoms with Crippen molar-refractivity contribution < 1.29 is 14.3 Å². The van der Waals surface area contributed by atoms with Crippen molar-refractivity contribution in [3.05, 3.63) is 35.7 Å². The van der Waals surface area contributed by atoms with Crippen LogP contribution in [0.15, 0.2) is 24.3 Å². The van der Waals surface area contributed by atoms with E-state index >= 15 is 0 Å². The highest BCUT2D eigenvalue weighted by molar-refractivity contribution is 6.01. The second kappa shape index (κ2) is 8.14. The van der Waals surface area contributed by atoms with Crippen molar-refractivity contribution in [2.45, 2.75) is 27.7 Å². The van der Waals surface area contributed by atoms with Gasteiger partial charge in [0.25, 0.3) is 0 Å². The average molecular weight is 330 g/mol. The predicted molar refractivity (Wildman–Crippen MR) is 92.9 cm³/mol. The Labute approximate surface area is 141 Å². The summed E-state index contributed by atoms with van der Waals surface area (Å²) in [6, 6.07) is 7.17. The highest BCUT2D eigenvalue weighted by Crippen LogP contribution is 2.25. The van der Waals surface area contributed by atoms with E-state index in [1.54, 1.807) is 26.0 Å². The minimum Gasteiger partial charge on any atom is -0.492 e. The zero-order chi connectivity index (χ0) is 17.5. The van der Waals surface area contributed by atoms with Crippen LogP contribution in [0.3, 0.4) is 0 Å². The lowest BCUT2D eigenvalue weighted by Gasteiger charge is -2.14. The fourth-order valence-corrected chi connectivity index (χ4v) is 2.18. The van der Waals surface area contributed by atoms with E-state index in [2.05, 4.69) is 20.6 Å². The number of hydrogen-bond donors (Lipinski definition) is 2. The molecule has 0 aliphatic heterocycles. The minimum absolute atomic E-state index is 0.306. The fraction of sp³-hybridized carbons (Fsp3) is 0.353. The molecule has 0 aliphatic rings. The van der Waals surface area contributed by atoms with E-state index < -0.39 is 0 Å². The van der Waals surface area contributed by atoms with Crippen LogP contribution >= 0.6 is 0 Å². The Morgan fingerprint density at radius 1 is 1.00 bits per heavy atom. The van der Waals surface area contributed by atoms with Gasteiger partial charge in [-0.25, -0.2) is 4.79 Å². The van der Waals surface area contributed by atoms with Gasteiger partial charge in [0.05, 0.1) is 36.0 Å². The zero-order valence-electron chi connectivity index (χ0n) is 14.3. The molecule has 0 saturated carbocycles. The van der Waals surface area contributed by atoms with Crippen LogP contribution < -0.4 is 20.1 Å². The van der Waals surface area contributed by atoms with Crippen LogP contribution in [-0.2, 0) is 0 Å². The number of nitrogens with zero attached hydrogens (tertiary/aromatic N) is 2. The summed E-state index contributed by atoms with van der Waals surface area (Å²) >= 11 is 0. The van der Waals surface area contributed by atoms with E-state index in [9.17, 15) is 4.79 Å². The lowest BCUT2D eigenvalue weighted by Crippen LogP contribution is -2.22. The Morgan fingerprint density at radius 2 is 1.62 bits per heavy atom. The smallest absolute Gasteiger partial charge is 0.323 e. The second-order valence-electron chi connectivity index (χ2n) is 4.99. The number of carbonyl (C=O) groups excluding carboxylic acids is 1. The van der Waals surface area contributed by atoms with Crippen molar-refractivity contribution in [3.8, 4) is 11.8 Å². The van der Waals surface area contributed by atoms with Gasteiger partial charge in [0.2, 0.25) is 0 Å². The molecule has 24 heavy (non-hydrogen) atoms. The number of hydrogen-bond acceptors (Lipinski definition) is 5. The van der Waals surface area contributed by atoms with Crippen LogP contribution in [0.2, 0.25) is 0 Å². The number of aryl methyl sites for hydroxylation is 2. The Bertz CT molecular complexity index is 696. The Balaban J connectivity index is 2.13. The largest absolute Gasteiger partial charge is 0.492 e. The number of rotatable bonds is 6. The maximum Gasteiger partial charge on any atom is 0.323 e. The highest BCUT2D eigenvalue weighted by atomic mass is 16.5. The van der Waals surface area contributed by atoms with Gasteiger partial charge in [-0.1, -0.05) is 12.1 Å². The Hall–Kier alpha value is -2.83. The number of amides is 2. The molecule has 1 heterocycles. The first kappa shape index (κ1) is 17.5. The monoisotopic (exact) mass is 330 g/mol. The van der Waals surface area contributed by atoms with Gasteiger partial charge >= 0.3 is 12.0 Å². The van der Waals surface area contributed by atoms with E-state index in [0.717, 1.165) is 0 Å². The number of para-hydroxylation sites is 2. The first-order valence-electron chi connectivity index (χ1n) is 7.83. The van der Waals surface area contributed by atoms with Crippen LogP contribution in [0.4, 0.5) is 16.2 Å². The van der Waals surface area contributed by atoms with E-state index in [-0.39, 0.29) is 6.03 Å². The van der Waals surface area contributed by atoms with Crippen LogP contribution in [0, 0.1) is 13.8 Å². The maximum atomic E-state index is 12.3. The molecule has 2 N–H and O–H groups in total. The number of carbonyl (C=O) groups is 1. The van der Waals surface area contributed by atoms with Crippen molar-refractivity contribution in [2.75, 3.05) is 23.8 Å². The van der Waals surface area contributed by atoms with Gasteiger partial charge in [0.1, 0.15) is 5.75 Å². The number of ether oxygens (including phenoxy) is 2. The quantitative estimate of drug-likeness (QED) is 0.846.